The first-order valence-corrected chi connectivity index (χ1v) is 17.0. The Balaban J connectivity index is 1.24. The van der Waals surface area contributed by atoms with Crippen LogP contribution >= 0.6 is 11.8 Å². The number of aliphatic hydroxyl groups excluding tert-OH is 1. The van der Waals surface area contributed by atoms with Gasteiger partial charge in [0.1, 0.15) is 5.82 Å². The number of hydrogen-bond donors (Lipinski definition) is 1. The number of benzene rings is 1. The average molecular weight is 607 g/mol. The van der Waals surface area contributed by atoms with Crippen LogP contribution in [0.1, 0.15) is 90.3 Å². The second kappa shape index (κ2) is 10.0. The standard InChI is InChI=1S/C35H43FN2O4S/c1-5-29(40)42-35(31(41)43-20-21-6-7-21)15-13-28-32(2)14-12-23-16-26-22(19-37-38(26)25-10-8-24(36)9-11-25)17-33(23,3)30(32)27(39)18-34(28,35)4/h8-11,16,19,21,27-28,30,39H,5-7,12-15,17-18,20H2,1-4H3/t27-,28-,30-,32-,33-,34-,35-/m0/s1. The van der Waals surface area contributed by atoms with Gasteiger partial charge in [-0.3, -0.25) is 9.59 Å². The maximum atomic E-state index is 14.1. The zero-order valence-electron chi connectivity index (χ0n) is 25.7. The summed E-state index contributed by atoms with van der Waals surface area (Å²) in [5.41, 5.74) is 1.97. The van der Waals surface area contributed by atoms with E-state index in [-0.39, 0.29) is 46.0 Å². The van der Waals surface area contributed by atoms with Crippen molar-refractivity contribution in [3.05, 3.63) is 53.1 Å². The van der Waals surface area contributed by atoms with Crippen LogP contribution in [0.25, 0.3) is 11.8 Å². The van der Waals surface area contributed by atoms with Gasteiger partial charge in [0.2, 0.25) is 5.12 Å². The molecular weight excluding hydrogens is 563 g/mol. The highest BCUT2D eigenvalue weighted by atomic mass is 32.2. The zero-order valence-corrected chi connectivity index (χ0v) is 26.5. The summed E-state index contributed by atoms with van der Waals surface area (Å²) < 4.78 is 21.8. The summed E-state index contributed by atoms with van der Waals surface area (Å²) in [6.45, 7) is 8.56. The zero-order chi connectivity index (χ0) is 30.4. The van der Waals surface area contributed by atoms with Gasteiger partial charge in [-0.15, -0.1) is 0 Å². The van der Waals surface area contributed by atoms with Gasteiger partial charge < -0.3 is 9.84 Å². The molecule has 5 aliphatic carbocycles. The molecular formula is C35H43FN2O4S. The van der Waals surface area contributed by atoms with Crippen molar-refractivity contribution in [2.24, 2.45) is 34.0 Å². The van der Waals surface area contributed by atoms with Crippen LogP contribution in [0.3, 0.4) is 0 Å². The van der Waals surface area contributed by atoms with E-state index in [9.17, 15) is 19.1 Å². The Bertz CT molecular complexity index is 1500. The Morgan fingerprint density at radius 2 is 1.88 bits per heavy atom. The van der Waals surface area contributed by atoms with Crippen molar-refractivity contribution < 1.29 is 23.8 Å². The lowest BCUT2D eigenvalue weighted by Crippen LogP contribution is -2.66. The molecule has 7 atom stereocenters. The summed E-state index contributed by atoms with van der Waals surface area (Å²) in [5.74, 6) is 0.904. The number of aliphatic hydroxyl groups is 1. The van der Waals surface area contributed by atoms with Crippen molar-refractivity contribution in [3.8, 4) is 5.69 Å². The number of carbonyl (C=O) groups is 2. The van der Waals surface area contributed by atoms with Gasteiger partial charge in [0.15, 0.2) is 5.60 Å². The first-order chi connectivity index (χ1) is 20.4. The van der Waals surface area contributed by atoms with Gasteiger partial charge in [-0.05, 0) is 116 Å². The molecule has 0 amide bonds. The average Bonchev–Trinajstić information content (AvgIpc) is 3.64. The molecule has 0 bridgehead atoms. The van der Waals surface area contributed by atoms with E-state index >= 15 is 0 Å². The number of esters is 1. The summed E-state index contributed by atoms with van der Waals surface area (Å²) in [6, 6.07) is 6.42. The fourth-order valence-electron chi connectivity index (χ4n) is 10.1. The smallest absolute Gasteiger partial charge is 0.306 e. The molecule has 1 heterocycles. The number of halogens is 1. The van der Waals surface area contributed by atoms with Crippen molar-refractivity contribution in [1.29, 1.82) is 0 Å². The topological polar surface area (TPSA) is 81.4 Å². The van der Waals surface area contributed by atoms with Gasteiger partial charge >= 0.3 is 5.97 Å². The Morgan fingerprint density at radius 3 is 2.58 bits per heavy atom. The number of carbonyl (C=O) groups excluding carboxylic acids is 2. The SMILES string of the molecule is CCC(=O)O[C@]1(C(=O)SCC2CC2)CC[C@H]2[C@]3(C)CCC4=Cc5c(cnn5-c5ccc(F)cc5)C[C@]4(C)[C@H]3[C@@H](O)C[C@@]21C. The number of ether oxygens (including phenoxy) is 1. The molecule has 8 heteroatoms. The van der Waals surface area contributed by atoms with Crippen LogP contribution in [0.2, 0.25) is 0 Å². The number of aromatic nitrogens is 2. The summed E-state index contributed by atoms with van der Waals surface area (Å²) in [5, 5.41) is 16.9. The summed E-state index contributed by atoms with van der Waals surface area (Å²) in [6.07, 6.45) is 10.4. The lowest BCUT2D eigenvalue weighted by atomic mass is 9.40. The monoisotopic (exact) mass is 606 g/mol. The minimum atomic E-state index is -1.20. The fourth-order valence-corrected chi connectivity index (χ4v) is 11.4. The van der Waals surface area contributed by atoms with Crippen molar-refractivity contribution in [2.75, 3.05) is 5.75 Å². The molecule has 1 aromatic carbocycles. The number of hydrogen-bond acceptors (Lipinski definition) is 6. The molecule has 0 radical (unpaired) electrons. The van der Waals surface area contributed by atoms with E-state index in [0.29, 0.717) is 18.8 Å². The van der Waals surface area contributed by atoms with Crippen molar-refractivity contribution in [1.82, 2.24) is 9.78 Å². The van der Waals surface area contributed by atoms with E-state index < -0.39 is 17.1 Å². The van der Waals surface area contributed by atoms with E-state index in [0.717, 1.165) is 48.4 Å². The van der Waals surface area contributed by atoms with Crippen molar-refractivity contribution in [3.63, 3.8) is 0 Å². The van der Waals surface area contributed by atoms with Crippen LogP contribution in [0.15, 0.2) is 36.0 Å². The third-order valence-corrected chi connectivity index (χ3v) is 13.5. The second-order valence-corrected chi connectivity index (χ2v) is 15.7. The predicted molar refractivity (Wildman–Crippen MR) is 165 cm³/mol. The minimum absolute atomic E-state index is 0.00714. The summed E-state index contributed by atoms with van der Waals surface area (Å²) in [4.78, 5) is 27.0. The molecule has 6 nitrogen and oxygen atoms in total. The Morgan fingerprint density at radius 1 is 1.14 bits per heavy atom. The first-order valence-electron chi connectivity index (χ1n) is 16.1. The highest BCUT2D eigenvalue weighted by Gasteiger charge is 2.73. The highest BCUT2D eigenvalue weighted by Crippen LogP contribution is 2.73. The molecule has 2 aromatic rings. The molecule has 4 saturated carbocycles. The van der Waals surface area contributed by atoms with Crippen LogP contribution in [0.4, 0.5) is 4.39 Å². The third kappa shape index (κ3) is 4.25. The largest absolute Gasteiger partial charge is 0.449 e. The van der Waals surface area contributed by atoms with Crippen molar-refractivity contribution in [2.45, 2.75) is 97.2 Å². The Labute approximate surface area is 257 Å². The predicted octanol–water partition coefficient (Wildman–Crippen LogP) is 6.92. The second-order valence-electron chi connectivity index (χ2n) is 14.7. The lowest BCUT2D eigenvalue weighted by molar-refractivity contribution is -0.214. The van der Waals surface area contributed by atoms with E-state index in [2.05, 4.69) is 26.8 Å². The van der Waals surface area contributed by atoms with Crippen LogP contribution < -0.4 is 0 Å². The number of allylic oxidation sites excluding steroid dienone is 1. The molecule has 0 aliphatic heterocycles. The van der Waals surface area contributed by atoms with E-state index in [4.69, 9.17) is 9.84 Å². The fraction of sp³-hybridized carbons (Fsp3) is 0.629. The molecule has 230 valence electrons. The first kappa shape index (κ1) is 29.3. The van der Waals surface area contributed by atoms with E-state index in [1.165, 1.54) is 42.3 Å². The van der Waals surface area contributed by atoms with E-state index in [1.54, 1.807) is 19.1 Å². The quantitative estimate of drug-likeness (QED) is 0.360. The van der Waals surface area contributed by atoms with Gasteiger partial charge in [0.05, 0.1) is 23.7 Å². The van der Waals surface area contributed by atoms with Gasteiger partial charge in [0.25, 0.3) is 0 Å². The Hall–Kier alpha value is -2.45. The maximum Gasteiger partial charge on any atom is 0.306 e. The lowest BCUT2D eigenvalue weighted by Gasteiger charge is -2.65. The minimum Gasteiger partial charge on any atom is -0.449 e. The molecule has 1 N–H and O–H groups in total. The number of rotatable bonds is 6. The van der Waals surface area contributed by atoms with Gasteiger partial charge in [-0.25, -0.2) is 9.07 Å². The summed E-state index contributed by atoms with van der Waals surface area (Å²) in [7, 11) is 0. The third-order valence-electron chi connectivity index (χ3n) is 12.2. The van der Waals surface area contributed by atoms with Crippen LogP contribution in [0, 0.1) is 39.8 Å². The Kier molecular flexibility index (Phi) is 6.83. The number of nitrogens with zero attached hydrogens (tertiary/aromatic N) is 2. The molecule has 5 aliphatic rings. The number of fused-ring (bicyclic) bond motifs is 6. The summed E-state index contributed by atoms with van der Waals surface area (Å²) >= 11 is 1.35. The van der Waals surface area contributed by atoms with Crippen LogP contribution in [0.5, 0.6) is 0 Å². The molecule has 4 fully saturated rings. The maximum absolute atomic E-state index is 14.1. The van der Waals surface area contributed by atoms with Gasteiger partial charge in [0, 0.05) is 17.6 Å². The van der Waals surface area contributed by atoms with Gasteiger partial charge in [-0.1, -0.05) is 45.0 Å². The van der Waals surface area contributed by atoms with Crippen LogP contribution in [-0.4, -0.2) is 43.4 Å². The normalized spacial score (nSPS) is 37.9. The highest BCUT2D eigenvalue weighted by molar-refractivity contribution is 8.13. The molecule has 0 unspecified atom stereocenters. The van der Waals surface area contributed by atoms with Crippen molar-refractivity contribution >= 4 is 28.9 Å². The molecule has 1 aromatic heterocycles. The number of thioether (sulfide) groups is 1. The molecule has 0 saturated heterocycles. The van der Waals surface area contributed by atoms with E-state index in [1.807, 2.05) is 10.9 Å². The molecule has 0 spiro atoms. The van der Waals surface area contributed by atoms with Gasteiger partial charge in [-0.2, -0.15) is 5.10 Å². The molecule has 43 heavy (non-hydrogen) atoms. The molecule has 7 rings (SSSR count). The van der Waals surface area contributed by atoms with Crippen LogP contribution in [-0.2, 0) is 20.7 Å².